The molecule has 30 heavy (non-hydrogen) atoms. The number of carbonyl (C=O) groups is 2. The number of rotatable bonds is 4. The summed E-state index contributed by atoms with van der Waals surface area (Å²) in [6.45, 7) is 0.746. The Hall–Kier alpha value is -2.11. The van der Waals surface area contributed by atoms with Crippen LogP contribution in [0.4, 0.5) is 20.3 Å². The number of pyridine rings is 1. The van der Waals surface area contributed by atoms with Gasteiger partial charge in [-0.2, -0.15) is 27.0 Å². The van der Waals surface area contributed by atoms with Crippen LogP contribution < -0.4 is 15.0 Å². The van der Waals surface area contributed by atoms with Crippen molar-refractivity contribution in [2.24, 2.45) is 5.92 Å². The molecule has 0 unspecified atom stereocenters. The maximum absolute atomic E-state index is 12.2. The summed E-state index contributed by atoms with van der Waals surface area (Å²) in [6.07, 6.45) is 3.56. The van der Waals surface area contributed by atoms with E-state index in [1.807, 2.05) is 0 Å². The molecule has 1 aromatic carbocycles. The fourth-order valence-corrected chi connectivity index (χ4v) is 2.84. The van der Waals surface area contributed by atoms with E-state index >= 15 is 0 Å². The Kier molecular flexibility index (Phi) is 8.68. The smallest absolute Gasteiger partial charge is 0.459 e. The normalized spacial score (nSPS) is 15.3. The zero-order valence-electron chi connectivity index (χ0n) is 16.4. The van der Waals surface area contributed by atoms with Gasteiger partial charge in [0.15, 0.2) is 5.82 Å². The second-order valence-corrected chi connectivity index (χ2v) is 6.85. The van der Waals surface area contributed by atoms with E-state index in [4.69, 9.17) is 0 Å². The van der Waals surface area contributed by atoms with Crippen molar-refractivity contribution < 1.29 is 54.2 Å². The number of benzene rings is 1. The summed E-state index contributed by atoms with van der Waals surface area (Å²) < 4.78 is 28.6. The van der Waals surface area contributed by atoms with Crippen molar-refractivity contribution in [1.29, 1.82) is 0 Å². The van der Waals surface area contributed by atoms with Crippen molar-refractivity contribution in [2.75, 3.05) is 16.8 Å². The van der Waals surface area contributed by atoms with Crippen molar-refractivity contribution in [1.82, 2.24) is 4.98 Å². The Morgan fingerprint density at radius 3 is 2.63 bits per heavy atom. The number of nitrogens with zero attached hydrogens (tertiary/aromatic N) is 2. The minimum Gasteiger partial charge on any atom is -0.459 e. The third kappa shape index (κ3) is 6.99. The zero-order valence-corrected chi connectivity index (χ0v) is 20.6. The zero-order chi connectivity index (χ0) is 20.9. The van der Waals surface area contributed by atoms with Crippen LogP contribution in [0.2, 0.25) is 0 Å². The van der Waals surface area contributed by atoms with E-state index in [0.29, 0.717) is 24.3 Å². The SMILES string of the molecule is CC(F)(F)Oc1cc[c-]cc1.O=C1CN(C(=O)[CH-]C2CCC2)c2ncccc2N1.[U+2]. The first-order chi connectivity index (χ1) is 13.8. The summed E-state index contributed by atoms with van der Waals surface area (Å²) in [5.41, 5.74) is 0.601. The second-order valence-electron chi connectivity index (χ2n) is 6.85. The fourth-order valence-electron chi connectivity index (χ4n) is 2.84. The van der Waals surface area contributed by atoms with Gasteiger partial charge in [-0.3, -0.25) is 4.79 Å². The third-order valence-electron chi connectivity index (χ3n) is 4.40. The van der Waals surface area contributed by atoms with Crippen molar-refractivity contribution in [3.63, 3.8) is 0 Å². The summed E-state index contributed by atoms with van der Waals surface area (Å²) in [5, 5.41) is 2.72. The number of nitrogens with one attached hydrogen (secondary N) is 1. The molecule has 1 aliphatic heterocycles. The van der Waals surface area contributed by atoms with Crippen molar-refractivity contribution in [2.45, 2.75) is 32.3 Å². The number of fused-ring (bicyclic) bond motifs is 1. The molecule has 2 aromatic rings. The predicted molar refractivity (Wildman–Crippen MR) is 103 cm³/mol. The Labute approximate surface area is 197 Å². The molecular weight excluding hydrogens is 618 g/mol. The fraction of sp³-hybridized carbons (Fsp3) is 0.333. The van der Waals surface area contributed by atoms with E-state index in [1.54, 1.807) is 24.8 Å². The van der Waals surface area contributed by atoms with Gasteiger partial charge in [0.1, 0.15) is 6.54 Å². The van der Waals surface area contributed by atoms with Gasteiger partial charge in [-0.1, -0.05) is 19.3 Å². The molecule has 0 atom stereocenters. The quantitative estimate of drug-likeness (QED) is 0.517. The Morgan fingerprint density at radius 2 is 2.03 bits per heavy atom. The summed E-state index contributed by atoms with van der Waals surface area (Å²) in [7, 11) is 0. The van der Waals surface area contributed by atoms with Crippen LogP contribution in [-0.2, 0) is 9.59 Å². The molecule has 1 aliphatic carbocycles. The number of carbonyl (C=O) groups excluding carboxylic acids is 2. The van der Waals surface area contributed by atoms with E-state index < -0.39 is 6.11 Å². The number of halogens is 2. The molecule has 2 heterocycles. The van der Waals surface area contributed by atoms with Crippen molar-refractivity contribution in [3.05, 3.63) is 55.1 Å². The first-order valence-corrected chi connectivity index (χ1v) is 9.26. The van der Waals surface area contributed by atoms with Crippen LogP contribution in [0, 0.1) is 49.5 Å². The maximum Gasteiger partial charge on any atom is 2.00 e. The Morgan fingerprint density at radius 1 is 1.33 bits per heavy atom. The van der Waals surface area contributed by atoms with Gasteiger partial charge in [0.05, 0.1) is 11.6 Å². The molecule has 6 nitrogen and oxygen atoms in total. The standard InChI is InChI=1S/C13H14N3O2.C8H7F2O.U/c17-11-8-16(12(18)7-9-3-1-4-9)13-10(15-11)5-2-6-14-13;1-8(9,10)11-7-5-3-2-4-6-7;/h2,5-7,9H,1,3-4,8H2,(H,15,17);3-6H,1H3;/q2*-1;+2. The molecule has 1 aromatic heterocycles. The summed E-state index contributed by atoms with van der Waals surface area (Å²) in [5.74, 6) is 0.768. The van der Waals surface area contributed by atoms with Crippen LogP contribution in [0.5, 0.6) is 5.75 Å². The van der Waals surface area contributed by atoms with Crippen LogP contribution in [0.15, 0.2) is 42.6 Å². The minimum atomic E-state index is -3.11. The Balaban J connectivity index is 0.000000232. The van der Waals surface area contributed by atoms with E-state index in [-0.39, 0.29) is 55.2 Å². The number of ether oxygens (including phenoxy) is 1. The van der Waals surface area contributed by atoms with Crippen LogP contribution >= 0.6 is 0 Å². The molecule has 156 valence electrons. The van der Waals surface area contributed by atoms with Gasteiger partial charge in [0, 0.05) is 18.9 Å². The van der Waals surface area contributed by atoms with Gasteiger partial charge in [-0.05, 0) is 12.1 Å². The van der Waals surface area contributed by atoms with Gasteiger partial charge >= 0.3 is 37.2 Å². The first kappa shape index (κ1) is 24.2. The molecule has 0 radical (unpaired) electrons. The molecule has 9 heteroatoms. The van der Waals surface area contributed by atoms with Crippen LogP contribution in [0.25, 0.3) is 0 Å². The second kappa shape index (κ2) is 10.8. The van der Waals surface area contributed by atoms with Crippen LogP contribution in [-0.4, -0.2) is 29.5 Å². The molecule has 0 bridgehead atoms. The Bertz CT molecular complexity index is 858. The summed E-state index contributed by atoms with van der Waals surface area (Å²) in [6, 6.07) is 12.1. The molecule has 0 saturated heterocycles. The molecular formula is C21H21F2N3O3U. The number of aromatic nitrogens is 1. The number of hydrogen-bond acceptors (Lipinski definition) is 4. The number of alkyl halides is 2. The van der Waals surface area contributed by atoms with Crippen LogP contribution in [0.1, 0.15) is 26.2 Å². The van der Waals surface area contributed by atoms with E-state index in [0.717, 1.165) is 12.8 Å². The van der Waals surface area contributed by atoms with E-state index in [1.165, 1.54) is 35.6 Å². The molecule has 0 spiro atoms. The largest absolute Gasteiger partial charge is 2.00 e. The molecule has 2 aliphatic rings. The average Bonchev–Trinajstić information content (AvgIpc) is 2.64. The summed E-state index contributed by atoms with van der Waals surface area (Å²) in [4.78, 5) is 29.4. The van der Waals surface area contributed by atoms with Crippen molar-refractivity contribution >= 4 is 23.3 Å². The molecule has 1 N–H and O–H groups in total. The van der Waals surface area contributed by atoms with Crippen molar-refractivity contribution in [3.8, 4) is 5.75 Å². The van der Waals surface area contributed by atoms with Gasteiger partial charge in [-0.15, -0.1) is 18.1 Å². The average molecular weight is 639 g/mol. The van der Waals surface area contributed by atoms with Crippen LogP contribution in [0.3, 0.4) is 0 Å². The van der Waals surface area contributed by atoms with Gasteiger partial charge in [0.2, 0.25) is 5.91 Å². The molecule has 2 amide bonds. The van der Waals surface area contributed by atoms with Gasteiger partial charge in [-0.25, -0.2) is 4.98 Å². The molecule has 1 fully saturated rings. The van der Waals surface area contributed by atoms with Gasteiger partial charge in [0.25, 0.3) is 0 Å². The monoisotopic (exact) mass is 639 g/mol. The van der Waals surface area contributed by atoms with Gasteiger partial charge < -0.3 is 26.2 Å². The molecule has 1 saturated carbocycles. The third-order valence-corrected chi connectivity index (χ3v) is 4.40. The predicted octanol–water partition coefficient (Wildman–Crippen LogP) is 3.85. The minimum absolute atomic E-state index is 0. The number of amides is 2. The van der Waals surface area contributed by atoms with E-state index in [2.05, 4.69) is 21.1 Å². The summed E-state index contributed by atoms with van der Waals surface area (Å²) >= 11 is 0. The first-order valence-electron chi connectivity index (χ1n) is 9.26. The number of anilines is 2. The topological polar surface area (TPSA) is 71.5 Å². The maximum atomic E-state index is 12.2. The van der Waals surface area contributed by atoms with E-state index in [9.17, 15) is 18.4 Å². The number of hydrogen-bond donors (Lipinski definition) is 1. The molecule has 4 rings (SSSR count).